The summed E-state index contributed by atoms with van der Waals surface area (Å²) in [6.07, 6.45) is 0. The van der Waals surface area contributed by atoms with Crippen molar-refractivity contribution in [2.45, 2.75) is 13.8 Å². The van der Waals surface area contributed by atoms with Gasteiger partial charge >= 0.3 is 11.9 Å². The molecule has 0 fully saturated rings. The van der Waals surface area contributed by atoms with E-state index in [2.05, 4.69) is 5.29 Å². The molecule has 28 heavy (non-hydrogen) atoms. The molecule has 1 aromatic rings. The molecule has 2 heterocycles. The van der Waals surface area contributed by atoms with Crippen LogP contribution in [0, 0.1) is 16.5 Å². The van der Waals surface area contributed by atoms with Gasteiger partial charge in [-0.1, -0.05) is 11.8 Å². The quantitative estimate of drug-likeness (QED) is 0.240. The van der Waals surface area contributed by atoms with Gasteiger partial charge in [-0.15, -0.1) is 4.91 Å². The van der Waals surface area contributed by atoms with Crippen molar-refractivity contribution in [2.24, 2.45) is 5.29 Å². The number of esters is 2. The van der Waals surface area contributed by atoms with Gasteiger partial charge in [-0.05, 0) is 31.4 Å². The van der Waals surface area contributed by atoms with Gasteiger partial charge in [0, 0.05) is 0 Å². The van der Waals surface area contributed by atoms with E-state index < -0.39 is 23.6 Å². The van der Waals surface area contributed by atoms with Crippen LogP contribution in [-0.2, 0) is 19.1 Å². The molecule has 0 unspecified atom stereocenters. The first kappa shape index (κ1) is 19.8. The predicted octanol–water partition coefficient (Wildman–Crippen LogP) is 3.20. The Balaban J connectivity index is 2.20. The molecule has 0 radical (unpaired) electrons. The second-order valence-electron chi connectivity index (χ2n) is 5.55. The molecule has 0 atom stereocenters. The molecule has 0 N–H and O–H groups in total. The highest BCUT2D eigenvalue weighted by Gasteiger charge is 2.40. The molecule has 0 amide bonds. The van der Waals surface area contributed by atoms with Gasteiger partial charge < -0.3 is 14.4 Å². The zero-order valence-corrected chi connectivity index (χ0v) is 15.7. The number of halogens is 2. The molecule has 0 saturated carbocycles. The number of nitroso groups, excluding NO2 is 1. The first-order valence-corrected chi connectivity index (χ1v) is 9.15. The van der Waals surface area contributed by atoms with Gasteiger partial charge in [0.15, 0.2) is 17.2 Å². The van der Waals surface area contributed by atoms with Gasteiger partial charge in [0.1, 0.15) is 10.7 Å². The molecule has 1 aromatic carbocycles. The fourth-order valence-electron chi connectivity index (χ4n) is 2.82. The van der Waals surface area contributed by atoms with Crippen LogP contribution >= 0.6 is 11.8 Å². The monoisotopic (exact) mass is 411 g/mol. The molecule has 3 rings (SSSR count). The second kappa shape index (κ2) is 7.97. The number of anilines is 2. The molecule has 0 aliphatic carbocycles. The average molecular weight is 411 g/mol. The molecule has 0 spiro atoms. The number of rotatable bonds is 5. The van der Waals surface area contributed by atoms with Crippen molar-refractivity contribution < 1.29 is 27.8 Å². The zero-order chi connectivity index (χ0) is 20.4. The third-order valence-corrected chi connectivity index (χ3v) is 4.93. The lowest BCUT2D eigenvalue weighted by atomic mass is 10.1. The highest BCUT2D eigenvalue weighted by atomic mass is 32.2. The first-order valence-electron chi connectivity index (χ1n) is 8.27. The fraction of sp³-hybridized carbons (Fsp3) is 0.294. The lowest BCUT2D eigenvalue weighted by molar-refractivity contribution is -0.146. The lowest BCUT2D eigenvalue weighted by Crippen LogP contribution is -2.36. The minimum atomic E-state index is -1.26. The fourth-order valence-corrected chi connectivity index (χ4v) is 3.86. The molecule has 0 saturated heterocycles. The lowest BCUT2D eigenvalue weighted by Gasteiger charge is -2.34. The zero-order valence-electron chi connectivity index (χ0n) is 14.9. The third kappa shape index (κ3) is 3.21. The SMILES string of the molecule is CCOC(=O)C(C(=O)OCC)=C1SC=C2CN(N=O)c3c(ccc(F)c3F)N21. The highest BCUT2D eigenvalue weighted by Crippen LogP contribution is 2.49. The van der Waals surface area contributed by atoms with Crippen LogP contribution < -0.4 is 9.91 Å². The van der Waals surface area contributed by atoms with E-state index in [4.69, 9.17) is 9.47 Å². The Labute approximate surface area is 162 Å². The van der Waals surface area contributed by atoms with Crippen LogP contribution in [0.15, 0.2) is 39.1 Å². The van der Waals surface area contributed by atoms with Crippen LogP contribution in [-0.4, -0.2) is 31.7 Å². The highest BCUT2D eigenvalue weighted by molar-refractivity contribution is 8.06. The van der Waals surface area contributed by atoms with Crippen LogP contribution in [0.25, 0.3) is 0 Å². The van der Waals surface area contributed by atoms with Crippen LogP contribution in [0.5, 0.6) is 0 Å². The maximum absolute atomic E-state index is 14.4. The summed E-state index contributed by atoms with van der Waals surface area (Å²) in [5.74, 6) is -4.23. The Morgan fingerprint density at radius 2 is 1.82 bits per heavy atom. The third-order valence-electron chi connectivity index (χ3n) is 3.93. The summed E-state index contributed by atoms with van der Waals surface area (Å²) in [6, 6.07) is 2.12. The molecule has 11 heteroatoms. The molecule has 148 valence electrons. The van der Waals surface area contributed by atoms with Crippen LogP contribution in [0.2, 0.25) is 0 Å². The summed E-state index contributed by atoms with van der Waals surface area (Å²) < 4.78 is 38.1. The van der Waals surface area contributed by atoms with E-state index in [9.17, 15) is 23.3 Å². The maximum atomic E-state index is 14.4. The summed E-state index contributed by atoms with van der Waals surface area (Å²) >= 11 is 1.01. The summed E-state index contributed by atoms with van der Waals surface area (Å²) in [6.45, 7) is 3.04. The topological polar surface area (TPSA) is 88.5 Å². The Morgan fingerprint density at radius 3 is 2.39 bits per heavy atom. The molecule has 2 aliphatic heterocycles. The summed E-state index contributed by atoms with van der Waals surface area (Å²) in [4.78, 5) is 37.4. The summed E-state index contributed by atoms with van der Waals surface area (Å²) in [5.41, 5.74) is -0.256. The number of hydrogen-bond donors (Lipinski definition) is 0. The Kier molecular flexibility index (Phi) is 5.63. The van der Waals surface area contributed by atoms with E-state index in [1.165, 1.54) is 11.0 Å². The summed E-state index contributed by atoms with van der Waals surface area (Å²) in [7, 11) is 0. The van der Waals surface area contributed by atoms with Gasteiger partial charge in [0.25, 0.3) is 0 Å². The van der Waals surface area contributed by atoms with Crippen molar-refractivity contribution >= 4 is 35.1 Å². The number of carbonyl (C=O) groups excluding carboxylic acids is 2. The minimum Gasteiger partial charge on any atom is -0.462 e. The van der Waals surface area contributed by atoms with Gasteiger partial charge in [-0.25, -0.2) is 23.4 Å². The maximum Gasteiger partial charge on any atom is 0.348 e. The minimum absolute atomic E-state index is 0.0270. The summed E-state index contributed by atoms with van der Waals surface area (Å²) in [5, 5.41) is 5.22. The van der Waals surface area contributed by atoms with Crippen molar-refractivity contribution in [3.8, 4) is 0 Å². The number of carbonyl (C=O) groups is 2. The van der Waals surface area contributed by atoms with E-state index in [0.717, 1.165) is 22.8 Å². The standard InChI is InChI=1S/C17H15F2N3O5S/c1-3-26-16(23)12(17(24)27-4-2)15-22-9(8-28-15)7-21(20-25)14-11(22)6-5-10(18)13(14)19/h5-6,8H,3-4,7H2,1-2H3. The number of benzene rings is 1. The number of hydrogen-bond acceptors (Lipinski definition) is 8. The first-order chi connectivity index (χ1) is 13.4. The number of ether oxygens (including phenoxy) is 2. The smallest absolute Gasteiger partial charge is 0.348 e. The van der Waals surface area contributed by atoms with E-state index in [0.29, 0.717) is 5.70 Å². The van der Waals surface area contributed by atoms with Crippen LogP contribution in [0.3, 0.4) is 0 Å². The normalized spacial score (nSPS) is 14.9. The molecule has 8 nitrogen and oxygen atoms in total. The van der Waals surface area contributed by atoms with Crippen LogP contribution in [0.4, 0.5) is 20.2 Å². The van der Waals surface area contributed by atoms with E-state index in [-0.39, 0.29) is 41.7 Å². The number of fused-ring (bicyclic) bond motifs is 3. The van der Waals surface area contributed by atoms with Crippen molar-refractivity contribution in [2.75, 3.05) is 29.7 Å². The largest absolute Gasteiger partial charge is 0.462 e. The average Bonchev–Trinajstić information content (AvgIpc) is 3.08. The molecule has 2 aliphatic rings. The molecule has 0 bridgehead atoms. The Hall–Kier alpha value is -2.95. The Bertz CT molecular complexity index is 898. The van der Waals surface area contributed by atoms with Crippen LogP contribution in [0.1, 0.15) is 13.8 Å². The van der Waals surface area contributed by atoms with E-state index in [1.807, 2.05) is 0 Å². The van der Waals surface area contributed by atoms with Gasteiger partial charge in [-0.2, -0.15) is 0 Å². The number of thioether (sulfide) groups is 1. The van der Waals surface area contributed by atoms with Gasteiger partial charge in [0.2, 0.25) is 0 Å². The van der Waals surface area contributed by atoms with Crippen molar-refractivity contribution in [3.05, 3.63) is 50.4 Å². The van der Waals surface area contributed by atoms with Gasteiger partial charge in [0.05, 0.1) is 36.4 Å². The molecule has 0 aromatic heterocycles. The van der Waals surface area contributed by atoms with Crippen molar-refractivity contribution in [3.63, 3.8) is 0 Å². The van der Waals surface area contributed by atoms with Gasteiger partial charge in [-0.3, -0.25) is 0 Å². The molecular weight excluding hydrogens is 396 g/mol. The number of nitrogens with zero attached hydrogens (tertiary/aromatic N) is 3. The van der Waals surface area contributed by atoms with E-state index in [1.54, 1.807) is 19.3 Å². The van der Waals surface area contributed by atoms with Crippen molar-refractivity contribution in [1.29, 1.82) is 0 Å². The van der Waals surface area contributed by atoms with Crippen molar-refractivity contribution in [1.82, 2.24) is 0 Å². The second-order valence-corrected chi connectivity index (χ2v) is 6.41. The molecular formula is C17H15F2N3O5S. The van der Waals surface area contributed by atoms with E-state index >= 15 is 0 Å². The predicted molar refractivity (Wildman–Crippen MR) is 97.9 cm³/mol. The Morgan fingerprint density at radius 1 is 1.18 bits per heavy atom.